The summed E-state index contributed by atoms with van der Waals surface area (Å²) in [7, 11) is 0. The minimum atomic E-state index is -0.353. The van der Waals surface area contributed by atoms with E-state index in [1.54, 1.807) is 0 Å². The first-order valence-corrected chi connectivity index (χ1v) is 7.60. The summed E-state index contributed by atoms with van der Waals surface area (Å²) in [6.45, 7) is 8.05. The van der Waals surface area contributed by atoms with E-state index in [0.717, 1.165) is 57.1 Å². The summed E-state index contributed by atoms with van der Waals surface area (Å²) < 4.78 is 11.6. The van der Waals surface area contributed by atoms with Gasteiger partial charge in [-0.2, -0.15) is 0 Å². The first-order chi connectivity index (χ1) is 9.79. The largest absolute Gasteiger partial charge is 0.381 e. The standard InChI is InChI=1S/C15H23N3O2/c1-3-12-11-9-16-10-13(11)18-14(17-12)15(20-4-2)5-7-19-8-6-15/h16H,3-10H2,1-2H3. The number of aromatic nitrogens is 2. The van der Waals surface area contributed by atoms with Crippen molar-refractivity contribution in [3.63, 3.8) is 0 Å². The Balaban J connectivity index is 2.02. The molecule has 0 atom stereocenters. The first kappa shape index (κ1) is 13.9. The molecule has 0 aliphatic carbocycles. The van der Waals surface area contributed by atoms with Crippen molar-refractivity contribution >= 4 is 0 Å². The summed E-state index contributed by atoms with van der Waals surface area (Å²) in [5.74, 6) is 0.863. The highest BCUT2D eigenvalue weighted by atomic mass is 16.5. The van der Waals surface area contributed by atoms with Gasteiger partial charge >= 0.3 is 0 Å². The summed E-state index contributed by atoms with van der Waals surface area (Å²) in [5.41, 5.74) is 3.25. The maximum Gasteiger partial charge on any atom is 0.161 e. The second-order valence-electron chi connectivity index (χ2n) is 5.42. The molecule has 1 aromatic heterocycles. The Kier molecular flexibility index (Phi) is 4.01. The number of nitrogens with one attached hydrogen (secondary N) is 1. The van der Waals surface area contributed by atoms with Gasteiger partial charge in [0.05, 0.1) is 5.69 Å². The molecule has 2 aliphatic rings. The topological polar surface area (TPSA) is 56.3 Å². The van der Waals surface area contributed by atoms with E-state index in [4.69, 9.17) is 19.4 Å². The molecule has 5 heteroatoms. The normalized spacial score (nSPS) is 20.9. The summed E-state index contributed by atoms with van der Waals surface area (Å²) in [5, 5.41) is 3.37. The molecule has 0 unspecified atom stereocenters. The molecule has 1 N–H and O–H groups in total. The molecular formula is C15H23N3O2. The minimum Gasteiger partial charge on any atom is -0.381 e. The second-order valence-corrected chi connectivity index (χ2v) is 5.42. The van der Waals surface area contributed by atoms with Gasteiger partial charge in [-0.05, 0) is 13.3 Å². The van der Waals surface area contributed by atoms with Crippen molar-refractivity contribution in [3.05, 3.63) is 22.8 Å². The molecule has 0 amide bonds. The van der Waals surface area contributed by atoms with E-state index in [9.17, 15) is 0 Å². The lowest BCUT2D eigenvalue weighted by molar-refractivity contribution is -0.118. The van der Waals surface area contributed by atoms with E-state index in [0.29, 0.717) is 6.61 Å². The van der Waals surface area contributed by atoms with E-state index in [2.05, 4.69) is 12.2 Å². The highest BCUT2D eigenvalue weighted by Gasteiger charge is 2.39. The highest BCUT2D eigenvalue weighted by molar-refractivity contribution is 5.30. The van der Waals surface area contributed by atoms with Gasteiger partial charge in [-0.15, -0.1) is 0 Å². The molecule has 0 saturated carbocycles. The number of rotatable bonds is 4. The lowest BCUT2D eigenvalue weighted by atomic mass is 9.92. The third-order valence-electron chi connectivity index (χ3n) is 4.24. The molecule has 1 fully saturated rings. The molecule has 20 heavy (non-hydrogen) atoms. The Bertz CT molecular complexity index is 479. The Hall–Kier alpha value is -1.04. The zero-order valence-electron chi connectivity index (χ0n) is 12.4. The molecule has 1 aromatic rings. The maximum atomic E-state index is 6.09. The van der Waals surface area contributed by atoms with E-state index < -0.39 is 0 Å². The molecule has 3 rings (SSSR count). The summed E-state index contributed by atoms with van der Waals surface area (Å²) >= 11 is 0. The average Bonchev–Trinajstić information content (AvgIpc) is 2.96. The van der Waals surface area contributed by atoms with Crippen LogP contribution >= 0.6 is 0 Å². The van der Waals surface area contributed by atoms with Crippen LogP contribution < -0.4 is 5.32 Å². The van der Waals surface area contributed by atoms with Gasteiger partial charge in [-0.25, -0.2) is 9.97 Å². The summed E-state index contributed by atoms with van der Waals surface area (Å²) in [6, 6.07) is 0. The van der Waals surface area contributed by atoms with E-state index in [1.807, 2.05) is 6.92 Å². The van der Waals surface area contributed by atoms with Crippen LogP contribution in [-0.2, 0) is 34.6 Å². The molecule has 1 saturated heterocycles. The number of ether oxygens (including phenoxy) is 2. The van der Waals surface area contributed by atoms with Gasteiger partial charge in [-0.1, -0.05) is 6.92 Å². The summed E-state index contributed by atoms with van der Waals surface area (Å²) in [6.07, 6.45) is 2.63. The SMILES string of the molecule is CCOC1(c2nc(CC)c3c(n2)CNC3)CCOCC1. The van der Waals surface area contributed by atoms with Gasteiger partial charge in [0.1, 0.15) is 5.60 Å². The van der Waals surface area contributed by atoms with E-state index in [1.165, 1.54) is 11.3 Å². The number of hydrogen-bond acceptors (Lipinski definition) is 5. The lowest BCUT2D eigenvalue weighted by Gasteiger charge is -2.35. The van der Waals surface area contributed by atoms with Crippen LogP contribution in [0.4, 0.5) is 0 Å². The van der Waals surface area contributed by atoms with Gasteiger partial charge < -0.3 is 14.8 Å². The summed E-state index contributed by atoms with van der Waals surface area (Å²) in [4.78, 5) is 9.67. The van der Waals surface area contributed by atoms with E-state index in [-0.39, 0.29) is 5.60 Å². The molecule has 5 nitrogen and oxygen atoms in total. The minimum absolute atomic E-state index is 0.353. The monoisotopic (exact) mass is 277 g/mol. The quantitative estimate of drug-likeness (QED) is 0.907. The molecule has 2 aliphatic heterocycles. The Morgan fingerprint density at radius 3 is 2.70 bits per heavy atom. The molecule has 110 valence electrons. The van der Waals surface area contributed by atoms with E-state index >= 15 is 0 Å². The average molecular weight is 277 g/mol. The van der Waals surface area contributed by atoms with Crippen LogP contribution in [0, 0.1) is 0 Å². The van der Waals surface area contributed by atoms with Crippen molar-refractivity contribution in [3.8, 4) is 0 Å². The smallest absolute Gasteiger partial charge is 0.161 e. The fourth-order valence-electron chi connectivity index (χ4n) is 3.14. The Morgan fingerprint density at radius 2 is 2.00 bits per heavy atom. The Labute approximate surface area is 120 Å². The molecule has 0 bridgehead atoms. The number of hydrogen-bond donors (Lipinski definition) is 1. The lowest BCUT2D eigenvalue weighted by Crippen LogP contribution is -2.39. The van der Waals surface area contributed by atoms with Crippen LogP contribution in [0.1, 0.15) is 49.5 Å². The van der Waals surface area contributed by atoms with Crippen LogP contribution in [0.15, 0.2) is 0 Å². The van der Waals surface area contributed by atoms with Crippen LogP contribution in [-0.4, -0.2) is 29.8 Å². The fourth-order valence-corrected chi connectivity index (χ4v) is 3.14. The molecule has 0 spiro atoms. The predicted octanol–water partition coefficient (Wildman–Crippen LogP) is 1.68. The van der Waals surface area contributed by atoms with Crippen LogP contribution in [0.2, 0.25) is 0 Å². The number of aryl methyl sites for hydroxylation is 1. The maximum absolute atomic E-state index is 6.09. The van der Waals surface area contributed by atoms with Gasteiger partial charge in [0.2, 0.25) is 0 Å². The van der Waals surface area contributed by atoms with Gasteiger partial charge in [0, 0.05) is 57.0 Å². The Morgan fingerprint density at radius 1 is 1.20 bits per heavy atom. The first-order valence-electron chi connectivity index (χ1n) is 7.60. The second kappa shape index (κ2) is 5.76. The molecule has 0 aromatic carbocycles. The van der Waals surface area contributed by atoms with Gasteiger partial charge in [-0.3, -0.25) is 0 Å². The molecular weight excluding hydrogens is 254 g/mol. The van der Waals surface area contributed by atoms with Crippen molar-refractivity contribution in [1.82, 2.24) is 15.3 Å². The molecule has 3 heterocycles. The van der Waals surface area contributed by atoms with Crippen LogP contribution in [0.3, 0.4) is 0 Å². The van der Waals surface area contributed by atoms with Crippen molar-refractivity contribution in [2.75, 3.05) is 19.8 Å². The zero-order valence-corrected chi connectivity index (χ0v) is 12.4. The van der Waals surface area contributed by atoms with Crippen molar-refractivity contribution in [2.24, 2.45) is 0 Å². The fraction of sp³-hybridized carbons (Fsp3) is 0.733. The van der Waals surface area contributed by atoms with Crippen molar-refractivity contribution < 1.29 is 9.47 Å². The van der Waals surface area contributed by atoms with Crippen LogP contribution in [0.25, 0.3) is 0 Å². The third kappa shape index (κ3) is 2.34. The van der Waals surface area contributed by atoms with Gasteiger partial charge in [0.25, 0.3) is 0 Å². The third-order valence-corrected chi connectivity index (χ3v) is 4.24. The van der Waals surface area contributed by atoms with Crippen molar-refractivity contribution in [2.45, 2.75) is 51.8 Å². The highest BCUT2D eigenvalue weighted by Crippen LogP contribution is 2.35. The van der Waals surface area contributed by atoms with Crippen LogP contribution in [0.5, 0.6) is 0 Å². The van der Waals surface area contributed by atoms with Crippen molar-refractivity contribution in [1.29, 1.82) is 0 Å². The number of fused-ring (bicyclic) bond motifs is 1. The zero-order chi connectivity index (χ0) is 14.0. The molecule has 0 radical (unpaired) electrons. The number of nitrogens with zero attached hydrogens (tertiary/aromatic N) is 2. The van der Waals surface area contributed by atoms with Gasteiger partial charge in [0.15, 0.2) is 5.82 Å². The predicted molar refractivity (Wildman–Crippen MR) is 75.3 cm³/mol.